The zero-order valence-electron chi connectivity index (χ0n) is 9.66. The molecular formula is C12H17N3O. The first-order valence-corrected chi connectivity index (χ1v) is 5.42. The van der Waals surface area contributed by atoms with E-state index in [2.05, 4.69) is 12.2 Å². The van der Waals surface area contributed by atoms with Crippen LogP contribution in [0.2, 0.25) is 0 Å². The lowest BCUT2D eigenvalue weighted by Crippen LogP contribution is -2.55. The molecule has 4 nitrogen and oxygen atoms in total. The number of rotatable bonds is 1. The van der Waals surface area contributed by atoms with E-state index in [9.17, 15) is 4.79 Å². The molecule has 1 heterocycles. The van der Waals surface area contributed by atoms with E-state index < -0.39 is 0 Å². The van der Waals surface area contributed by atoms with E-state index in [-0.39, 0.29) is 11.6 Å². The summed E-state index contributed by atoms with van der Waals surface area (Å²) in [6.07, 6.45) is 0.902. The van der Waals surface area contributed by atoms with Gasteiger partial charge in [0, 0.05) is 19.3 Å². The number of carbonyl (C=O) groups excluding carboxylic acids is 1. The van der Waals surface area contributed by atoms with E-state index in [0.717, 1.165) is 17.7 Å². The number of hydrogen-bond donors (Lipinski definition) is 2. The molecule has 0 radical (unpaired) electrons. The largest absolute Gasteiger partial charge is 0.399 e. The third kappa shape index (κ3) is 1.60. The topological polar surface area (TPSA) is 58.4 Å². The third-order valence-corrected chi connectivity index (χ3v) is 3.47. The second-order valence-corrected chi connectivity index (χ2v) is 4.44. The van der Waals surface area contributed by atoms with Crippen molar-refractivity contribution in [3.05, 3.63) is 29.8 Å². The average molecular weight is 219 g/mol. The zero-order chi connectivity index (χ0) is 11.8. The van der Waals surface area contributed by atoms with Crippen LogP contribution in [-0.2, 0) is 5.54 Å². The Balaban J connectivity index is 2.36. The first-order chi connectivity index (χ1) is 7.54. The van der Waals surface area contributed by atoms with Crippen LogP contribution in [0.3, 0.4) is 0 Å². The summed E-state index contributed by atoms with van der Waals surface area (Å²) in [5, 5.41) is 2.83. The monoisotopic (exact) mass is 219 g/mol. The number of hydrogen-bond acceptors (Lipinski definition) is 2. The van der Waals surface area contributed by atoms with Crippen LogP contribution in [-0.4, -0.2) is 24.5 Å². The molecule has 4 heteroatoms. The van der Waals surface area contributed by atoms with Gasteiger partial charge in [0.05, 0.1) is 5.54 Å². The van der Waals surface area contributed by atoms with Crippen molar-refractivity contribution in [3.63, 3.8) is 0 Å². The third-order valence-electron chi connectivity index (χ3n) is 3.47. The molecule has 1 saturated heterocycles. The Morgan fingerprint density at radius 3 is 2.62 bits per heavy atom. The highest BCUT2D eigenvalue weighted by Crippen LogP contribution is 2.32. The predicted molar refractivity (Wildman–Crippen MR) is 64.0 cm³/mol. The smallest absolute Gasteiger partial charge is 0.317 e. The SMILES string of the molecule is CN1C(=O)NCCC1(C)c1ccc(N)cc1. The molecule has 1 aromatic carbocycles. The Bertz CT molecular complexity index is 401. The van der Waals surface area contributed by atoms with Crippen molar-refractivity contribution in [2.75, 3.05) is 19.3 Å². The lowest BCUT2D eigenvalue weighted by molar-refractivity contribution is 0.117. The number of amides is 2. The molecule has 1 fully saturated rings. The summed E-state index contributed by atoms with van der Waals surface area (Å²) in [5.41, 5.74) is 7.30. The minimum atomic E-state index is -0.240. The summed E-state index contributed by atoms with van der Waals surface area (Å²) in [6, 6.07) is 7.71. The molecule has 1 aromatic rings. The van der Waals surface area contributed by atoms with Crippen LogP contribution in [0.25, 0.3) is 0 Å². The van der Waals surface area contributed by atoms with Crippen LogP contribution in [0, 0.1) is 0 Å². The molecule has 1 aliphatic heterocycles. The Morgan fingerprint density at radius 2 is 2.00 bits per heavy atom. The van der Waals surface area contributed by atoms with Gasteiger partial charge in [-0.2, -0.15) is 0 Å². The molecule has 1 atom stereocenters. The van der Waals surface area contributed by atoms with Crippen LogP contribution >= 0.6 is 0 Å². The zero-order valence-corrected chi connectivity index (χ0v) is 9.66. The first kappa shape index (κ1) is 10.8. The number of nitrogen functional groups attached to an aromatic ring is 1. The summed E-state index contributed by atoms with van der Waals surface area (Å²) in [4.78, 5) is 13.4. The van der Waals surface area contributed by atoms with Crippen molar-refractivity contribution in [3.8, 4) is 0 Å². The number of urea groups is 1. The van der Waals surface area contributed by atoms with Gasteiger partial charge >= 0.3 is 6.03 Å². The summed E-state index contributed by atoms with van der Waals surface area (Å²) in [5.74, 6) is 0. The molecule has 0 aliphatic carbocycles. The van der Waals surface area contributed by atoms with E-state index in [4.69, 9.17) is 5.73 Å². The van der Waals surface area contributed by atoms with Gasteiger partial charge in [0.25, 0.3) is 0 Å². The van der Waals surface area contributed by atoms with E-state index in [0.29, 0.717) is 6.54 Å². The first-order valence-electron chi connectivity index (χ1n) is 5.42. The molecule has 2 rings (SSSR count). The van der Waals surface area contributed by atoms with Gasteiger partial charge in [-0.05, 0) is 31.0 Å². The maximum absolute atomic E-state index is 11.6. The number of nitrogens with one attached hydrogen (secondary N) is 1. The minimum absolute atomic E-state index is 0.0226. The summed E-state index contributed by atoms with van der Waals surface area (Å²) in [7, 11) is 1.82. The van der Waals surface area contributed by atoms with Crippen LogP contribution in [0.1, 0.15) is 18.9 Å². The van der Waals surface area contributed by atoms with Gasteiger partial charge in [-0.15, -0.1) is 0 Å². The molecule has 0 aromatic heterocycles. The molecule has 16 heavy (non-hydrogen) atoms. The highest BCUT2D eigenvalue weighted by Gasteiger charge is 2.37. The van der Waals surface area contributed by atoms with Crippen LogP contribution in [0.15, 0.2) is 24.3 Å². The fourth-order valence-electron chi connectivity index (χ4n) is 2.10. The van der Waals surface area contributed by atoms with Crippen LogP contribution in [0.5, 0.6) is 0 Å². The Labute approximate surface area is 95.4 Å². The fourth-order valence-corrected chi connectivity index (χ4v) is 2.10. The second-order valence-electron chi connectivity index (χ2n) is 4.44. The molecule has 0 spiro atoms. The van der Waals surface area contributed by atoms with Gasteiger partial charge in [0.1, 0.15) is 0 Å². The number of carbonyl (C=O) groups is 1. The minimum Gasteiger partial charge on any atom is -0.399 e. The van der Waals surface area contributed by atoms with E-state index in [1.54, 1.807) is 4.90 Å². The summed E-state index contributed by atoms with van der Waals surface area (Å²) >= 11 is 0. The van der Waals surface area contributed by atoms with E-state index in [1.807, 2.05) is 31.3 Å². The van der Waals surface area contributed by atoms with Crippen molar-refractivity contribution in [2.45, 2.75) is 18.9 Å². The van der Waals surface area contributed by atoms with Gasteiger partial charge in [-0.3, -0.25) is 0 Å². The molecule has 1 unspecified atom stereocenters. The van der Waals surface area contributed by atoms with Crippen molar-refractivity contribution in [1.82, 2.24) is 10.2 Å². The Hall–Kier alpha value is -1.71. The second kappa shape index (κ2) is 3.70. The summed E-state index contributed by atoms with van der Waals surface area (Å²) in [6.45, 7) is 2.79. The van der Waals surface area contributed by atoms with E-state index in [1.165, 1.54) is 0 Å². The Kier molecular flexibility index (Phi) is 2.50. The van der Waals surface area contributed by atoms with Gasteiger partial charge in [-0.1, -0.05) is 12.1 Å². The highest BCUT2D eigenvalue weighted by molar-refractivity contribution is 5.76. The van der Waals surface area contributed by atoms with Crippen molar-refractivity contribution in [2.24, 2.45) is 0 Å². The quantitative estimate of drug-likeness (QED) is 0.704. The van der Waals surface area contributed by atoms with Crippen molar-refractivity contribution < 1.29 is 4.79 Å². The predicted octanol–water partition coefficient (Wildman–Crippen LogP) is 1.53. The van der Waals surface area contributed by atoms with Gasteiger partial charge < -0.3 is 16.0 Å². The molecular weight excluding hydrogens is 202 g/mol. The maximum Gasteiger partial charge on any atom is 0.317 e. The number of nitrogens with two attached hydrogens (primary N) is 1. The molecule has 1 aliphatic rings. The van der Waals surface area contributed by atoms with E-state index >= 15 is 0 Å². The molecule has 86 valence electrons. The maximum atomic E-state index is 11.6. The Morgan fingerprint density at radius 1 is 1.38 bits per heavy atom. The normalized spacial score (nSPS) is 25.4. The van der Waals surface area contributed by atoms with Crippen LogP contribution < -0.4 is 11.1 Å². The van der Waals surface area contributed by atoms with Crippen molar-refractivity contribution in [1.29, 1.82) is 0 Å². The van der Waals surface area contributed by atoms with Gasteiger partial charge in [0.2, 0.25) is 0 Å². The van der Waals surface area contributed by atoms with Crippen LogP contribution in [0.4, 0.5) is 10.5 Å². The van der Waals surface area contributed by atoms with Gasteiger partial charge in [-0.25, -0.2) is 4.79 Å². The van der Waals surface area contributed by atoms with Crippen molar-refractivity contribution >= 4 is 11.7 Å². The molecule has 2 amide bonds. The number of nitrogens with zero attached hydrogens (tertiary/aromatic N) is 1. The fraction of sp³-hybridized carbons (Fsp3) is 0.417. The van der Waals surface area contributed by atoms with Gasteiger partial charge in [0.15, 0.2) is 0 Å². The number of benzene rings is 1. The summed E-state index contributed by atoms with van der Waals surface area (Å²) < 4.78 is 0. The molecule has 0 saturated carbocycles. The lowest BCUT2D eigenvalue weighted by atomic mass is 9.86. The lowest BCUT2D eigenvalue weighted by Gasteiger charge is -2.43. The average Bonchev–Trinajstić information content (AvgIpc) is 2.27. The number of anilines is 1. The highest BCUT2D eigenvalue weighted by atomic mass is 16.2. The standard InChI is InChI=1S/C12H17N3O/c1-12(7-8-14-11(16)15(12)2)9-3-5-10(13)6-4-9/h3-6H,7-8,13H2,1-2H3,(H,14,16). The molecule has 3 N–H and O–H groups in total. The molecule has 0 bridgehead atoms.